The van der Waals surface area contributed by atoms with Gasteiger partial charge in [-0.25, -0.2) is 0 Å². The Balaban J connectivity index is 4.25. The van der Waals surface area contributed by atoms with Crippen LogP contribution >= 0.6 is 11.8 Å². The van der Waals surface area contributed by atoms with Gasteiger partial charge in [-0.2, -0.15) is 11.8 Å². The van der Waals surface area contributed by atoms with E-state index in [1.807, 2.05) is 0 Å². The van der Waals surface area contributed by atoms with Crippen molar-refractivity contribution < 1.29 is 9.59 Å². The Morgan fingerprint density at radius 3 is 2.42 bits per heavy atom. The number of hydrogen-bond acceptors (Lipinski definition) is 3. The summed E-state index contributed by atoms with van der Waals surface area (Å²) in [6.45, 7) is 6.28. The van der Waals surface area contributed by atoms with E-state index in [9.17, 15) is 9.59 Å². The molecule has 1 amide bonds. The molecule has 0 bridgehead atoms. The lowest BCUT2D eigenvalue weighted by atomic mass is 10.0. The molecule has 4 heteroatoms. The van der Waals surface area contributed by atoms with Gasteiger partial charge in [0.15, 0.2) is 0 Å². The van der Waals surface area contributed by atoms with E-state index in [2.05, 4.69) is 26.8 Å². The van der Waals surface area contributed by atoms with Crippen LogP contribution in [0.3, 0.4) is 0 Å². The van der Waals surface area contributed by atoms with Gasteiger partial charge in [0, 0.05) is 37.4 Å². The molecular formula is C15H27NO2S. The molecule has 0 aliphatic rings. The van der Waals surface area contributed by atoms with E-state index < -0.39 is 0 Å². The average molecular weight is 285 g/mol. The first kappa shape index (κ1) is 18.2. The Labute approximate surface area is 121 Å². The molecule has 0 aliphatic heterocycles. The van der Waals surface area contributed by atoms with Crippen molar-refractivity contribution in [3.8, 4) is 0 Å². The first-order valence-corrected chi connectivity index (χ1v) is 7.70. The van der Waals surface area contributed by atoms with Crippen molar-refractivity contribution in [1.82, 2.24) is 4.90 Å². The van der Waals surface area contributed by atoms with Crippen LogP contribution in [0.4, 0.5) is 0 Å². The molecule has 0 N–H and O–H groups in total. The van der Waals surface area contributed by atoms with Crippen LogP contribution in [-0.4, -0.2) is 41.7 Å². The first-order valence-electron chi connectivity index (χ1n) is 6.72. The summed E-state index contributed by atoms with van der Waals surface area (Å²) in [5.41, 5.74) is 1.31. The number of aldehydes is 1. The van der Waals surface area contributed by atoms with E-state index >= 15 is 0 Å². The minimum absolute atomic E-state index is 0.0553. The van der Waals surface area contributed by atoms with Crippen LogP contribution < -0.4 is 0 Å². The molecule has 0 aromatic carbocycles. The number of rotatable bonds is 9. The average Bonchev–Trinajstić information content (AvgIpc) is 2.28. The van der Waals surface area contributed by atoms with Crippen LogP contribution in [-0.2, 0) is 9.59 Å². The Kier molecular flexibility index (Phi) is 8.81. The van der Waals surface area contributed by atoms with Gasteiger partial charge in [-0.3, -0.25) is 4.79 Å². The molecule has 1 atom stereocenters. The monoisotopic (exact) mass is 285 g/mol. The van der Waals surface area contributed by atoms with E-state index in [-0.39, 0.29) is 10.7 Å². The zero-order valence-electron chi connectivity index (χ0n) is 12.9. The minimum atomic E-state index is -0.0553. The fraction of sp³-hybridized carbons (Fsp3) is 0.733. The highest BCUT2D eigenvalue weighted by atomic mass is 32.2. The fourth-order valence-electron chi connectivity index (χ4n) is 1.68. The third-order valence-corrected chi connectivity index (χ3v) is 4.48. The quantitative estimate of drug-likeness (QED) is 0.482. The van der Waals surface area contributed by atoms with Crippen LogP contribution in [0.1, 0.15) is 46.5 Å². The lowest BCUT2D eigenvalue weighted by molar-refractivity contribution is -0.128. The van der Waals surface area contributed by atoms with Crippen LogP contribution in [0, 0.1) is 0 Å². The van der Waals surface area contributed by atoms with E-state index in [1.54, 1.807) is 30.8 Å². The highest BCUT2D eigenvalue weighted by molar-refractivity contribution is 8.00. The highest BCUT2D eigenvalue weighted by Crippen LogP contribution is 2.33. The molecule has 0 aliphatic carbocycles. The van der Waals surface area contributed by atoms with Gasteiger partial charge < -0.3 is 9.69 Å². The summed E-state index contributed by atoms with van der Waals surface area (Å²) >= 11 is 1.74. The van der Waals surface area contributed by atoms with Gasteiger partial charge in [0.25, 0.3) is 0 Å². The summed E-state index contributed by atoms with van der Waals surface area (Å²) in [6, 6.07) is 0. The van der Waals surface area contributed by atoms with E-state index in [1.165, 1.54) is 5.57 Å². The van der Waals surface area contributed by atoms with Crippen molar-refractivity contribution in [1.29, 1.82) is 0 Å². The van der Waals surface area contributed by atoms with Gasteiger partial charge in [-0.1, -0.05) is 18.6 Å². The smallest absolute Gasteiger partial charge is 0.222 e. The Morgan fingerprint density at radius 2 is 1.95 bits per heavy atom. The molecule has 0 saturated heterocycles. The number of carbonyl (C=O) groups excluding carboxylic acids is 2. The van der Waals surface area contributed by atoms with Gasteiger partial charge in [0.2, 0.25) is 5.91 Å². The summed E-state index contributed by atoms with van der Waals surface area (Å²) in [4.78, 5) is 24.0. The van der Waals surface area contributed by atoms with E-state index in [0.717, 1.165) is 24.9 Å². The second kappa shape index (κ2) is 9.18. The van der Waals surface area contributed by atoms with Gasteiger partial charge in [-0.15, -0.1) is 0 Å². The van der Waals surface area contributed by atoms with Crippen molar-refractivity contribution in [3.63, 3.8) is 0 Å². The molecule has 0 spiro atoms. The van der Waals surface area contributed by atoms with E-state index in [4.69, 9.17) is 0 Å². The molecule has 0 heterocycles. The van der Waals surface area contributed by atoms with Crippen LogP contribution in [0.5, 0.6) is 0 Å². The van der Waals surface area contributed by atoms with Crippen molar-refractivity contribution in [2.24, 2.45) is 0 Å². The fourth-order valence-corrected chi connectivity index (χ4v) is 2.90. The topological polar surface area (TPSA) is 37.4 Å². The number of nitrogens with zero attached hydrogens (tertiary/aromatic N) is 1. The van der Waals surface area contributed by atoms with Crippen molar-refractivity contribution in [2.75, 3.05) is 19.8 Å². The zero-order valence-corrected chi connectivity index (χ0v) is 13.7. The lowest BCUT2D eigenvalue weighted by Gasteiger charge is -2.26. The van der Waals surface area contributed by atoms with Crippen LogP contribution in [0.25, 0.3) is 0 Å². The number of hydrogen-bond donors (Lipinski definition) is 0. The normalized spacial score (nSPS) is 13.5. The summed E-state index contributed by atoms with van der Waals surface area (Å²) < 4.78 is -0.0553. The van der Waals surface area contributed by atoms with Gasteiger partial charge in [0.1, 0.15) is 6.29 Å². The maximum atomic E-state index is 11.5. The summed E-state index contributed by atoms with van der Waals surface area (Å²) in [6.07, 6.45) is 6.23. The molecule has 1 unspecified atom stereocenters. The second-order valence-corrected chi connectivity index (χ2v) is 7.21. The number of carbonyl (C=O) groups is 2. The third-order valence-electron chi connectivity index (χ3n) is 3.01. The maximum absolute atomic E-state index is 11.5. The molecule has 0 saturated carbocycles. The van der Waals surface area contributed by atoms with Crippen molar-refractivity contribution in [2.45, 2.75) is 51.2 Å². The Hall–Kier alpha value is -0.770. The summed E-state index contributed by atoms with van der Waals surface area (Å²) in [7, 11) is 3.54. The number of allylic oxidation sites excluding steroid dienone is 2. The largest absolute Gasteiger partial charge is 0.349 e. The molecule has 3 nitrogen and oxygen atoms in total. The van der Waals surface area contributed by atoms with Crippen LogP contribution in [0.2, 0.25) is 0 Å². The predicted molar refractivity (Wildman–Crippen MR) is 83.5 cm³/mol. The van der Waals surface area contributed by atoms with Crippen LogP contribution in [0.15, 0.2) is 11.6 Å². The van der Waals surface area contributed by atoms with Gasteiger partial charge in [-0.05, 0) is 26.7 Å². The van der Waals surface area contributed by atoms with Gasteiger partial charge >= 0.3 is 0 Å². The molecule has 0 aromatic heterocycles. The second-order valence-electron chi connectivity index (χ2n) is 5.53. The third kappa shape index (κ3) is 8.87. The number of amides is 1. The molecule has 0 aromatic rings. The number of thioether (sulfide) groups is 1. The standard InChI is InChI=1S/C15H27NO2S/c1-13(2)7-6-9-15(3,10-11-17)19-12-8-14(18)16(4)5/h7,11H,6,8-10,12H2,1-5H3. The van der Waals surface area contributed by atoms with Crippen molar-refractivity contribution in [3.05, 3.63) is 11.6 Å². The molecule has 0 radical (unpaired) electrons. The molecule has 110 valence electrons. The SMILES string of the molecule is CC(C)=CCCC(C)(CC=O)SCCC(=O)N(C)C. The summed E-state index contributed by atoms with van der Waals surface area (Å²) in [5, 5.41) is 0. The molecule has 0 fully saturated rings. The highest BCUT2D eigenvalue weighted by Gasteiger charge is 2.24. The lowest BCUT2D eigenvalue weighted by Crippen LogP contribution is -2.25. The van der Waals surface area contributed by atoms with Crippen molar-refractivity contribution >= 4 is 24.0 Å². The molecular weight excluding hydrogens is 258 g/mol. The Bertz CT molecular complexity index is 322. The first-order chi connectivity index (χ1) is 8.80. The van der Waals surface area contributed by atoms with Gasteiger partial charge in [0.05, 0.1) is 0 Å². The Morgan fingerprint density at radius 1 is 1.32 bits per heavy atom. The minimum Gasteiger partial charge on any atom is -0.349 e. The van der Waals surface area contributed by atoms with E-state index in [0.29, 0.717) is 12.8 Å². The predicted octanol–water partition coefficient (Wildman–Crippen LogP) is 3.29. The zero-order chi connectivity index (χ0) is 14.9. The maximum Gasteiger partial charge on any atom is 0.222 e. The molecule has 0 rings (SSSR count). The summed E-state index contributed by atoms with van der Waals surface area (Å²) in [5.74, 6) is 0.918. The molecule has 19 heavy (non-hydrogen) atoms.